The van der Waals surface area contributed by atoms with E-state index in [4.69, 9.17) is 0 Å². The SMILES string of the molecule is CCNCC(C)(CC)CN(C)C1CCN(CC)CC1. The molecule has 0 radical (unpaired) electrons. The van der Waals surface area contributed by atoms with Crippen molar-refractivity contribution in [3.05, 3.63) is 0 Å². The number of hydrogen-bond donors (Lipinski definition) is 1. The molecule has 1 heterocycles. The molecule has 1 saturated heterocycles. The zero-order valence-electron chi connectivity index (χ0n) is 13.8. The Hall–Kier alpha value is -0.120. The highest BCUT2D eigenvalue weighted by Crippen LogP contribution is 2.24. The van der Waals surface area contributed by atoms with E-state index in [-0.39, 0.29) is 0 Å². The van der Waals surface area contributed by atoms with Gasteiger partial charge in [-0.3, -0.25) is 0 Å². The summed E-state index contributed by atoms with van der Waals surface area (Å²) >= 11 is 0. The standard InChI is InChI=1S/C16H35N3/c1-6-16(4,13-17-7-2)14-18(5)15-9-11-19(8-3)12-10-15/h15,17H,6-14H2,1-5H3. The van der Waals surface area contributed by atoms with Gasteiger partial charge in [0, 0.05) is 19.1 Å². The zero-order chi connectivity index (χ0) is 14.3. The summed E-state index contributed by atoms with van der Waals surface area (Å²) < 4.78 is 0. The zero-order valence-corrected chi connectivity index (χ0v) is 13.8. The molecule has 0 aromatic rings. The lowest BCUT2D eigenvalue weighted by atomic mass is 9.86. The van der Waals surface area contributed by atoms with E-state index in [1.54, 1.807) is 0 Å². The van der Waals surface area contributed by atoms with Crippen LogP contribution in [0.2, 0.25) is 0 Å². The molecule has 0 aromatic heterocycles. The highest BCUT2D eigenvalue weighted by Gasteiger charge is 2.28. The molecule has 1 atom stereocenters. The highest BCUT2D eigenvalue weighted by atomic mass is 15.2. The molecule has 1 fully saturated rings. The third-order valence-electron chi connectivity index (χ3n) is 4.91. The van der Waals surface area contributed by atoms with Crippen LogP contribution in [0.4, 0.5) is 0 Å². The Morgan fingerprint density at radius 3 is 2.32 bits per heavy atom. The van der Waals surface area contributed by atoms with Gasteiger partial charge in [-0.05, 0) is 57.9 Å². The second kappa shape index (κ2) is 8.23. The predicted octanol–water partition coefficient (Wildman–Crippen LogP) is 2.43. The molecule has 1 rings (SSSR count). The highest BCUT2D eigenvalue weighted by molar-refractivity contribution is 4.84. The van der Waals surface area contributed by atoms with Crippen LogP contribution in [0.3, 0.4) is 0 Å². The van der Waals surface area contributed by atoms with Gasteiger partial charge in [0.1, 0.15) is 0 Å². The van der Waals surface area contributed by atoms with Crippen molar-refractivity contribution in [3.8, 4) is 0 Å². The molecule has 0 amide bonds. The molecule has 3 heteroatoms. The quantitative estimate of drug-likeness (QED) is 0.730. The fourth-order valence-electron chi connectivity index (χ4n) is 3.13. The minimum atomic E-state index is 0.409. The second-order valence-electron chi connectivity index (χ2n) is 6.53. The molecule has 1 unspecified atom stereocenters. The average molecular weight is 269 g/mol. The van der Waals surface area contributed by atoms with E-state index in [1.165, 1.54) is 45.4 Å². The van der Waals surface area contributed by atoms with Crippen LogP contribution in [0.25, 0.3) is 0 Å². The normalized spacial score (nSPS) is 21.8. The lowest BCUT2D eigenvalue weighted by Gasteiger charge is -2.41. The first-order chi connectivity index (χ1) is 9.04. The predicted molar refractivity (Wildman–Crippen MR) is 84.7 cm³/mol. The summed E-state index contributed by atoms with van der Waals surface area (Å²) in [6.07, 6.45) is 3.93. The smallest absolute Gasteiger partial charge is 0.0117 e. The molecule has 3 nitrogen and oxygen atoms in total. The van der Waals surface area contributed by atoms with Crippen molar-refractivity contribution in [3.63, 3.8) is 0 Å². The minimum absolute atomic E-state index is 0.409. The fourth-order valence-corrected chi connectivity index (χ4v) is 3.13. The lowest BCUT2D eigenvalue weighted by Crippen LogP contribution is -2.48. The molecular formula is C16H35N3. The van der Waals surface area contributed by atoms with E-state index in [1.807, 2.05) is 0 Å². The van der Waals surface area contributed by atoms with Gasteiger partial charge >= 0.3 is 0 Å². The summed E-state index contributed by atoms with van der Waals surface area (Å²) in [6, 6.07) is 0.787. The number of piperidine rings is 1. The summed E-state index contributed by atoms with van der Waals surface area (Å²) in [5.74, 6) is 0. The van der Waals surface area contributed by atoms with Crippen LogP contribution < -0.4 is 5.32 Å². The van der Waals surface area contributed by atoms with Gasteiger partial charge in [-0.15, -0.1) is 0 Å². The lowest BCUT2D eigenvalue weighted by molar-refractivity contribution is 0.0908. The molecule has 0 aliphatic carbocycles. The van der Waals surface area contributed by atoms with Crippen LogP contribution in [0.15, 0.2) is 0 Å². The maximum Gasteiger partial charge on any atom is 0.0117 e. The van der Waals surface area contributed by atoms with E-state index in [2.05, 4.69) is 49.9 Å². The summed E-state index contributed by atoms with van der Waals surface area (Å²) in [5, 5.41) is 3.53. The van der Waals surface area contributed by atoms with Crippen molar-refractivity contribution in [1.82, 2.24) is 15.1 Å². The Kier molecular flexibility index (Phi) is 7.33. The summed E-state index contributed by atoms with van der Waals surface area (Å²) in [4.78, 5) is 5.19. The van der Waals surface area contributed by atoms with Crippen molar-refractivity contribution in [2.45, 2.75) is 53.0 Å². The Morgan fingerprint density at radius 1 is 1.21 bits per heavy atom. The molecule has 1 N–H and O–H groups in total. The Balaban J connectivity index is 2.42. The number of nitrogens with one attached hydrogen (secondary N) is 1. The third-order valence-corrected chi connectivity index (χ3v) is 4.91. The van der Waals surface area contributed by atoms with E-state index >= 15 is 0 Å². The summed E-state index contributed by atoms with van der Waals surface area (Å²) in [5.41, 5.74) is 0.409. The molecule has 0 spiro atoms. The van der Waals surface area contributed by atoms with E-state index < -0.39 is 0 Å². The van der Waals surface area contributed by atoms with Gasteiger partial charge in [0.05, 0.1) is 0 Å². The molecule has 1 aliphatic rings. The number of nitrogens with zero attached hydrogens (tertiary/aromatic N) is 2. The largest absolute Gasteiger partial charge is 0.316 e. The number of hydrogen-bond acceptors (Lipinski definition) is 3. The molecular weight excluding hydrogens is 234 g/mol. The Bertz CT molecular complexity index is 236. The van der Waals surface area contributed by atoms with Gasteiger partial charge in [0.25, 0.3) is 0 Å². The van der Waals surface area contributed by atoms with E-state index in [0.717, 1.165) is 19.1 Å². The van der Waals surface area contributed by atoms with Gasteiger partial charge in [0.15, 0.2) is 0 Å². The second-order valence-corrected chi connectivity index (χ2v) is 6.53. The molecule has 0 aromatic carbocycles. The Morgan fingerprint density at radius 2 is 1.84 bits per heavy atom. The van der Waals surface area contributed by atoms with Crippen molar-refractivity contribution in [2.24, 2.45) is 5.41 Å². The van der Waals surface area contributed by atoms with Crippen LogP contribution in [0, 0.1) is 5.41 Å². The van der Waals surface area contributed by atoms with Crippen molar-refractivity contribution in [2.75, 3.05) is 46.3 Å². The maximum atomic E-state index is 3.53. The van der Waals surface area contributed by atoms with Gasteiger partial charge in [-0.1, -0.05) is 27.7 Å². The molecule has 114 valence electrons. The minimum Gasteiger partial charge on any atom is -0.316 e. The van der Waals surface area contributed by atoms with Crippen molar-refractivity contribution < 1.29 is 0 Å². The molecule has 1 aliphatic heterocycles. The average Bonchev–Trinajstić information content (AvgIpc) is 2.45. The topological polar surface area (TPSA) is 18.5 Å². The first kappa shape index (κ1) is 16.9. The van der Waals surface area contributed by atoms with E-state index in [0.29, 0.717) is 5.41 Å². The summed E-state index contributed by atoms with van der Waals surface area (Å²) in [7, 11) is 2.33. The molecule has 19 heavy (non-hydrogen) atoms. The van der Waals surface area contributed by atoms with Gasteiger partial charge in [0.2, 0.25) is 0 Å². The van der Waals surface area contributed by atoms with Crippen LogP contribution in [0.5, 0.6) is 0 Å². The van der Waals surface area contributed by atoms with Crippen molar-refractivity contribution >= 4 is 0 Å². The van der Waals surface area contributed by atoms with E-state index in [9.17, 15) is 0 Å². The summed E-state index contributed by atoms with van der Waals surface area (Å²) in [6.45, 7) is 16.4. The van der Waals surface area contributed by atoms with Crippen LogP contribution in [-0.2, 0) is 0 Å². The fraction of sp³-hybridized carbons (Fsp3) is 1.00. The molecule has 0 bridgehead atoms. The first-order valence-corrected chi connectivity index (χ1v) is 8.18. The Labute approximate surface area is 120 Å². The first-order valence-electron chi connectivity index (χ1n) is 8.18. The van der Waals surface area contributed by atoms with Crippen LogP contribution in [-0.4, -0.2) is 62.2 Å². The molecule has 0 saturated carbocycles. The van der Waals surface area contributed by atoms with Crippen LogP contribution in [0.1, 0.15) is 47.0 Å². The van der Waals surface area contributed by atoms with Crippen LogP contribution >= 0.6 is 0 Å². The van der Waals surface area contributed by atoms with Gasteiger partial charge in [-0.2, -0.15) is 0 Å². The van der Waals surface area contributed by atoms with Gasteiger partial charge in [-0.25, -0.2) is 0 Å². The maximum absolute atomic E-state index is 3.53. The monoisotopic (exact) mass is 269 g/mol. The number of rotatable bonds is 8. The third kappa shape index (κ3) is 5.41. The van der Waals surface area contributed by atoms with Crippen molar-refractivity contribution in [1.29, 1.82) is 0 Å². The number of likely N-dealkylation sites (tertiary alicyclic amines) is 1. The van der Waals surface area contributed by atoms with Gasteiger partial charge < -0.3 is 15.1 Å².